The molecule has 3 rings (SSSR count). The van der Waals surface area contributed by atoms with Gasteiger partial charge in [-0.25, -0.2) is 4.79 Å². The van der Waals surface area contributed by atoms with Gasteiger partial charge in [0.05, 0.1) is 5.56 Å². The second-order valence-electron chi connectivity index (χ2n) is 4.58. The smallest absolute Gasteiger partial charge is 0.335 e. The molecule has 19 heavy (non-hydrogen) atoms. The molecular weight excluding hydrogens is 238 g/mol. The number of carboxylic acid groups (broad SMARTS) is 1. The van der Waals surface area contributed by atoms with E-state index in [2.05, 4.69) is 28.8 Å². The number of hydrogen-bond acceptors (Lipinski definition) is 1. The Labute approximate surface area is 110 Å². The topological polar surface area (TPSA) is 42.2 Å². The average molecular weight is 251 g/mol. The van der Waals surface area contributed by atoms with Crippen LogP contribution in [0.3, 0.4) is 0 Å². The van der Waals surface area contributed by atoms with Crippen LogP contribution in [0.15, 0.2) is 54.7 Å². The van der Waals surface area contributed by atoms with E-state index in [0.717, 1.165) is 11.1 Å². The van der Waals surface area contributed by atoms with Crippen molar-refractivity contribution in [2.45, 2.75) is 0 Å². The van der Waals surface area contributed by atoms with Crippen molar-refractivity contribution in [3.8, 4) is 11.1 Å². The van der Waals surface area contributed by atoms with Gasteiger partial charge in [0.1, 0.15) is 0 Å². The highest BCUT2D eigenvalue weighted by Gasteiger charge is 2.04. The Morgan fingerprint density at radius 2 is 1.68 bits per heavy atom. The monoisotopic (exact) mass is 251 g/mol. The van der Waals surface area contributed by atoms with Crippen LogP contribution in [0, 0.1) is 0 Å². The zero-order valence-electron chi connectivity index (χ0n) is 10.5. The molecular formula is C16H13NO2. The Kier molecular flexibility index (Phi) is 2.60. The van der Waals surface area contributed by atoms with Crippen molar-refractivity contribution in [1.29, 1.82) is 0 Å². The Hall–Kier alpha value is -2.55. The summed E-state index contributed by atoms with van der Waals surface area (Å²) in [5.41, 5.74) is 3.61. The first-order valence-electron chi connectivity index (χ1n) is 6.04. The van der Waals surface area contributed by atoms with Crippen molar-refractivity contribution in [2.24, 2.45) is 7.05 Å². The van der Waals surface area contributed by atoms with Crippen LogP contribution in [0.25, 0.3) is 22.0 Å². The molecule has 0 radical (unpaired) electrons. The first-order valence-corrected chi connectivity index (χ1v) is 6.04. The number of rotatable bonds is 2. The number of carbonyl (C=O) groups is 1. The molecule has 2 aromatic carbocycles. The van der Waals surface area contributed by atoms with Crippen LogP contribution in [-0.4, -0.2) is 15.6 Å². The molecule has 0 spiro atoms. The zero-order chi connectivity index (χ0) is 13.4. The normalized spacial score (nSPS) is 10.8. The minimum Gasteiger partial charge on any atom is -0.478 e. The van der Waals surface area contributed by atoms with Gasteiger partial charge in [0, 0.05) is 24.1 Å². The van der Waals surface area contributed by atoms with Gasteiger partial charge in [-0.3, -0.25) is 0 Å². The summed E-state index contributed by atoms with van der Waals surface area (Å²) in [6.07, 6.45) is 2.03. The second kappa shape index (κ2) is 4.28. The fourth-order valence-electron chi connectivity index (χ4n) is 2.27. The van der Waals surface area contributed by atoms with Gasteiger partial charge in [-0.2, -0.15) is 0 Å². The lowest BCUT2D eigenvalue weighted by atomic mass is 10.0. The summed E-state index contributed by atoms with van der Waals surface area (Å²) < 4.78 is 2.08. The largest absolute Gasteiger partial charge is 0.478 e. The van der Waals surface area contributed by atoms with Crippen molar-refractivity contribution >= 4 is 16.9 Å². The third-order valence-corrected chi connectivity index (χ3v) is 3.35. The number of carboxylic acids is 1. The van der Waals surface area contributed by atoms with E-state index in [9.17, 15) is 4.79 Å². The lowest BCUT2D eigenvalue weighted by molar-refractivity contribution is 0.0697. The van der Waals surface area contributed by atoms with E-state index in [0.29, 0.717) is 5.56 Å². The molecule has 0 bridgehead atoms. The fourth-order valence-corrected chi connectivity index (χ4v) is 2.27. The van der Waals surface area contributed by atoms with Crippen LogP contribution in [-0.2, 0) is 7.05 Å². The minimum absolute atomic E-state index is 0.310. The molecule has 3 heteroatoms. The van der Waals surface area contributed by atoms with E-state index in [4.69, 9.17) is 5.11 Å². The van der Waals surface area contributed by atoms with Crippen LogP contribution in [0.5, 0.6) is 0 Å². The third kappa shape index (κ3) is 1.99. The van der Waals surface area contributed by atoms with Gasteiger partial charge in [0.15, 0.2) is 0 Å². The Morgan fingerprint density at radius 1 is 1.00 bits per heavy atom. The molecule has 1 N–H and O–H groups in total. The summed E-state index contributed by atoms with van der Waals surface area (Å²) in [6.45, 7) is 0. The van der Waals surface area contributed by atoms with Crippen molar-refractivity contribution in [3.63, 3.8) is 0 Å². The van der Waals surface area contributed by atoms with Crippen molar-refractivity contribution in [1.82, 2.24) is 4.57 Å². The van der Waals surface area contributed by atoms with Gasteiger partial charge in [-0.15, -0.1) is 0 Å². The van der Waals surface area contributed by atoms with Gasteiger partial charge >= 0.3 is 5.97 Å². The number of aryl methyl sites for hydroxylation is 1. The Bertz CT molecular complexity index is 754. The molecule has 1 heterocycles. The predicted octanol–water partition coefficient (Wildman–Crippen LogP) is 3.54. The summed E-state index contributed by atoms with van der Waals surface area (Å²) in [4.78, 5) is 10.8. The molecule has 3 aromatic rings. The number of fused-ring (bicyclic) bond motifs is 1. The van der Waals surface area contributed by atoms with E-state index in [1.54, 1.807) is 12.1 Å². The van der Waals surface area contributed by atoms with Crippen molar-refractivity contribution in [3.05, 3.63) is 60.3 Å². The van der Waals surface area contributed by atoms with Crippen LogP contribution in [0.4, 0.5) is 0 Å². The lowest BCUT2D eigenvalue weighted by Crippen LogP contribution is -1.94. The van der Waals surface area contributed by atoms with E-state index in [1.165, 1.54) is 10.9 Å². The Morgan fingerprint density at radius 3 is 2.37 bits per heavy atom. The molecule has 0 amide bonds. The maximum Gasteiger partial charge on any atom is 0.335 e. The summed E-state index contributed by atoms with van der Waals surface area (Å²) in [7, 11) is 2.02. The van der Waals surface area contributed by atoms with E-state index < -0.39 is 5.97 Å². The summed E-state index contributed by atoms with van der Waals surface area (Å²) >= 11 is 0. The van der Waals surface area contributed by atoms with E-state index in [1.807, 2.05) is 25.4 Å². The predicted molar refractivity (Wildman–Crippen MR) is 75.3 cm³/mol. The van der Waals surface area contributed by atoms with Gasteiger partial charge in [-0.05, 0) is 41.5 Å². The SMILES string of the molecule is Cn1ccc2cc(-c3ccc(C(=O)O)cc3)ccc21. The quantitative estimate of drug-likeness (QED) is 0.756. The molecule has 0 saturated carbocycles. The standard InChI is InChI=1S/C16H13NO2/c1-17-9-8-14-10-13(6-7-15(14)17)11-2-4-12(5-3-11)16(18)19/h2-10H,1H3,(H,18,19). The molecule has 0 aliphatic carbocycles. The highest BCUT2D eigenvalue weighted by atomic mass is 16.4. The number of nitrogens with zero attached hydrogens (tertiary/aromatic N) is 1. The minimum atomic E-state index is -0.898. The van der Waals surface area contributed by atoms with Crippen LogP contribution >= 0.6 is 0 Å². The molecule has 0 unspecified atom stereocenters. The van der Waals surface area contributed by atoms with Gasteiger partial charge in [0.25, 0.3) is 0 Å². The van der Waals surface area contributed by atoms with Gasteiger partial charge in [0.2, 0.25) is 0 Å². The van der Waals surface area contributed by atoms with Crippen molar-refractivity contribution in [2.75, 3.05) is 0 Å². The first kappa shape index (κ1) is 11.5. The Balaban J connectivity index is 2.05. The van der Waals surface area contributed by atoms with Crippen molar-refractivity contribution < 1.29 is 9.90 Å². The van der Waals surface area contributed by atoms with Crippen LogP contribution in [0.1, 0.15) is 10.4 Å². The highest BCUT2D eigenvalue weighted by Crippen LogP contribution is 2.25. The third-order valence-electron chi connectivity index (χ3n) is 3.35. The summed E-state index contributed by atoms with van der Waals surface area (Å²) in [5, 5.41) is 10.1. The molecule has 0 aliphatic heterocycles. The molecule has 0 aliphatic rings. The second-order valence-corrected chi connectivity index (χ2v) is 4.58. The molecule has 0 saturated heterocycles. The number of aromatic carboxylic acids is 1. The maximum absolute atomic E-state index is 10.8. The fraction of sp³-hybridized carbons (Fsp3) is 0.0625. The number of hydrogen-bond donors (Lipinski definition) is 1. The summed E-state index contributed by atoms with van der Waals surface area (Å²) in [5.74, 6) is -0.898. The lowest BCUT2D eigenvalue weighted by Gasteiger charge is -2.04. The first-order chi connectivity index (χ1) is 9.15. The summed E-state index contributed by atoms with van der Waals surface area (Å²) in [6, 6.07) is 15.3. The highest BCUT2D eigenvalue weighted by molar-refractivity contribution is 5.89. The van der Waals surface area contributed by atoms with Crippen LogP contribution in [0.2, 0.25) is 0 Å². The van der Waals surface area contributed by atoms with E-state index >= 15 is 0 Å². The average Bonchev–Trinajstić information content (AvgIpc) is 2.80. The van der Waals surface area contributed by atoms with E-state index in [-0.39, 0.29) is 0 Å². The van der Waals surface area contributed by atoms with Crippen LogP contribution < -0.4 is 0 Å². The number of aromatic nitrogens is 1. The molecule has 94 valence electrons. The maximum atomic E-state index is 10.8. The molecule has 1 aromatic heterocycles. The molecule has 3 nitrogen and oxygen atoms in total. The number of benzene rings is 2. The zero-order valence-corrected chi connectivity index (χ0v) is 10.5. The van der Waals surface area contributed by atoms with Gasteiger partial charge in [-0.1, -0.05) is 18.2 Å². The molecule has 0 fully saturated rings. The van der Waals surface area contributed by atoms with Gasteiger partial charge < -0.3 is 9.67 Å². The molecule has 0 atom stereocenters.